The van der Waals surface area contributed by atoms with Crippen molar-refractivity contribution in [1.82, 2.24) is 4.90 Å². The maximum absolute atomic E-state index is 9.62. The van der Waals surface area contributed by atoms with Gasteiger partial charge in [-0.25, -0.2) is 8.78 Å². The van der Waals surface area contributed by atoms with Crippen molar-refractivity contribution in [2.75, 3.05) is 27.1 Å². The van der Waals surface area contributed by atoms with Crippen LogP contribution in [0.3, 0.4) is 0 Å². The molecule has 0 aromatic heterocycles. The Balaban J connectivity index is 0. The van der Waals surface area contributed by atoms with Crippen LogP contribution >= 0.6 is 0 Å². The van der Waals surface area contributed by atoms with E-state index >= 15 is 0 Å². The second kappa shape index (κ2) is 10.0. The van der Waals surface area contributed by atoms with Gasteiger partial charge in [0.1, 0.15) is 0 Å². The molecular weight excluding hydrogens is 208 g/mol. The van der Waals surface area contributed by atoms with Gasteiger partial charge < -0.3 is 4.90 Å². The standard InChI is InChI=1S/C8H17N.C4H10.CH2F2/c1-8(2)5-4-6-9(3)7-8;1-4(2)3;2-1-3/h4-7H2,1-3H3;4H,1-3H3;1H2. The summed E-state index contributed by atoms with van der Waals surface area (Å²) in [6.45, 7) is 12.0. The lowest BCUT2D eigenvalue weighted by atomic mass is 9.84. The fourth-order valence-corrected chi connectivity index (χ4v) is 1.72. The molecule has 1 heterocycles. The fourth-order valence-electron chi connectivity index (χ4n) is 1.72. The lowest BCUT2D eigenvalue weighted by molar-refractivity contribution is 0.143. The zero-order valence-corrected chi connectivity index (χ0v) is 11.8. The second-order valence-corrected chi connectivity index (χ2v) is 5.84. The summed E-state index contributed by atoms with van der Waals surface area (Å²) < 4.78 is 19.2. The molecule has 1 aliphatic rings. The summed E-state index contributed by atoms with van der Waals surface area (Å²) in [6, 6.07) is 0. The minimum absolute atomic E-state index is 0.576. The summed E-state index contributed by atoms with van der Waals surface area (Å²) in [5.41, 5.74) is 0.576. The number of piperidine rings is 1. The molecule has 0 amide bonds. The number of likely N-dealkylation sites (tertiary alicyclic amines) is 1. The third kappa shape index (κ3) is 16.3. The Hall–Kier alpha value is -0.180. The maximum Gasteiger partial charge on any atom is 0.229 e. The van der Waals surface area contributed by atoms with Gasteiger partial charge in [-0.05, 0) is 37.8 Å². The van der Waals surface area contributed by atoms with Gasteiger partial charge in [-0.1, -0.05) is 34.6 Å². The van der Waals surface area contributed by atoms with Crippen molar-refractivity contribution >= 4 is 0 Å². The van der Waals surface area contributed by atoms with Gasteiger partial charge in [-0.3, -0.25) is 0 Å². The lowest BCUT2D eigenvalue weighted by Crippen LogP contribution is -2.37. The number of rotatable bonds is 0. The first-order chi connectivity index (χ1) is 7.25. The zero-order valence-electron chi connectivity index (χ0n) is 11.8. The monoisotopic (exact) mass is 237 g/mol. The lowest BCUT2D eigenvalue weighted by Gasteiger charge is -2.35. The Kier molecular flexibility index (Phi) is 11.4. The van der Waals surface area contributed by atoms with E-state index in [0.29, 0.717) is 5.41 Å². The summed E-state index contributed by atoms with van der Waals surface area (Å²) in [7, 11) is 2.21. The van der Waals surface area contributed by atoms with Gasteiger partial charge in [0, 0.05) is 6.54 Å². The molecule has 0 spiro atoms. The van der Waals surface area contributed by atoms with Gasteiger partial charge in [0.25, 0.3) is 0 Å². The largest absolute Gasteiger partial charge is 0.306 e. The minimum Gasteiger partial charge on any atom is -0.306 e. The topological polar surface area (TPSA) is 3.24 Å². The molecule has 1 rings (SSSR count). The van der Waals surface area contributed by atoms with Gasteiger partial charge in [-0.2, -0.15) is 0 Å². The first kappa shape index (κ1) is 18.2. The van der Waals surface area contributed by atoms with Gasteiger partial charge in [0.2, 0.25) is 6.93 Å². The van der Waals surface area contributed by atoms with Crippen molar-refractivity contribution in [2.45, 2.75) is 47.5 Å². The normalized spacial score (nSPS) is 19.3. The van der Waals surface area contributed by atoms with Gasteiger partial charge in [0.15, 0.2) is 0 Å². The molecular formula is C13H29F2N. The van der Waals surface area contributed by atoms with E-state index in [1.807, 2.05) is 0 Å². The highest BCUT2D eigenvalue weighted by Gasteiger charge is 2.23. The third-order valence-electron chi connectivity index (χ3n) is 2.09. The Morgan fingerprint density at radius 3 is 1.75 bits per heavy atom. The molecule has 0 saturated carbocycles. The summed E-state index contributed by atoms with van der Waals surface area (Å²) in [6.07, 6.45) is 2.78. The van der Waals surface area contributed by atoms with Crippen molar-refractivity contribution in [3.05, 3.63) is 0 Å². The number of halogens is 2. The Labute approximate surface area is 100 Å². The molecule has 100 valence electrons. The summed E-state index contributed by atoms with van der Waals surface area (Å²) in [5, 5.41) is 0. The van der Waals surface area contributed by atoms with Crippen molar-refractivity contribution in [3.63, 3.8) is 0 Å². The molecule has 1 saturated heterocycles. The van der Waals surface area contributed by atoms with Crippen molar-refractivity contribution in [2.24, 2.45) is 11.3 Å². The molecule has 0 bridgehead atoms. The highest BCUT2D eigenvalue weighted by Crippen LogP contribution is 2.26. The highest BCUT2D eigenvalue weighted by atomic mass is 19.3. The summed E-state index contributed by atoms with van der Waals surface area (Å²) in [4.78, 5) is 2.42. The molecule has 0 aliphatic carbocycles. The van der Waals surface area contributed by atoms with Crippen LogP contribution in [0.5, 0.6) is 0 Å². The van der Waals surface area contributed by atoms with E-state index in [0.717, 1.165) is 5.92 Å². The molecule has 1 fully saturated rings. The third-order valence-corrected chi connectivity index (χ3v) is 2.09. The van der Waals surface area contributed by atoms with Crippen LogP contribution in [0.4, 0.5) is 8.78 Å². The molecule has 1 nitrogen and oxygen atoms in total. The van der Waals surface area contributed by atoms with Crippen molar-refractivity contribution in [1.29, 1.82) is 0 Å². The quantitative estimate of drug-likeness (QED) is 0.607. The number of hydrogen-bond donors (Lipinski definition) is 0. The van der Waals surface area contributed by atoms with Crippen LogP contribution < -0.4 is 0 Å². The molecule has 1 aliphatic heterocycles. The first-order valence-corrected chi connectivity index (χ1v) is 6.05. The molecule has 0 aromatic carbocycles. The molecule has 0 radical (unpaired) electrons. The van der Waals surface area contributed by atoms with Gasteiger partial charge in [0.05, 0.1) is 0 Å². The van der Waals surface area contributed by atoms with Gasteiger partial charge >= 0.3 is 0 Å². The highest BCUT2D eigenvalue weighted by molar-refractivity contribution is 4.77. The van der Waals surface area contributed by atoms with Crippen LogP contribution in [0.2, 0.25) is 0 Å². The molecule has 0 aromatic rings. The number of alkyl halides is 2. The van der Waals surface area contributed by atoms with E-state index in [-0.39, 0.29) is 0 Å². The molecule has 0 unspecified atom stereocenters. The fraction of sp³-hybridized carbons (Fsp3) is 1.00. The average molecular weight is 237 g/mol. The SMILES string of the molecule is CC(C)C.CN1CCCC(C)(C)C1.FCF. The van der Waals surface area contributed by atoms with Crippen LogP contribution in [-0.4, -0.2) is 32.0 Å². The molecule has 16 heavy (non-hydrogen) atoms. The minimum atomic E-state index is -1.75. The van der Waals surface area contributed by atoms with Gasteiger partial charge in [-0.15, -0.1) is 0 Å². The Morgan fingerprint density at radius 1 is 1.19 bits per heavy atom. The van der Waals surface area contributed by atoms with Crippen LogP contribution in [-0.2, 0) is 0 Å². The van der Waals surface area contributed by atoms with E-state index in [1.54, 1.807) is 0 Å². The average Bonchev–Trinajstić information content (AvgIpc) is 2.00. The van der Waals surface area contributed by atoms with Crippen LogP contribution in [0, 0.1) is 11.3 Å². The predicted molar refractivity (Wildman–Crippen MR) is 68.1 cm³/mol. The van der Waals surface area contributed by atoms with Crippen molar-refractivity contribution < 1.29 is 8.78 Å². The van der Waals surface area contributed by atoms with E-state index in [9.17, 15) is 8.78 Å². The summed E-state index contributed by atoms with van der Waals surface area (Å²) in [5.74, 6) is 0.833. The van der Waals surface area contributed by atoms with E-state index in [2.05, 4.69) is 46.6 Å². The Bertz CT molecular complexity index is 144. The van der Waals surface area contributed by atoms with Crippen LogP contribution in [0.25, 0.3) is 0 Å². The summed E-state index contributed by atoms with van der Waals surface area (Å²) >= 11 is 0. The first-order valence-electron chi connectivity index (χ1n) is 6.05. The van der Waals surface area contributed by atoms with Crippen LogP contribution in [0.1, 0.15) is 47.5 Å². The van der Waals surface area contributed by atoms with E-state index in [1.165, 1.54) is 25.9 Å². The van der Waals surface area contributed by atoms with E-state index < -0.39 is 6.93 Å². The van der Waals surface area contributed by atoms with Crippen molar-refractivity contribution in [3.8, 4) is 0 Å². The number of nitrogens with zero attached hydrogens (tertiary/aromatic N) is 1. The maximum atomic E-state index is 9.62. The predicted octanol–water partition coefficient (Wildman–Crippen LogP) is 4.28. The second-order valence-electron chi connectivity index (χ2n) is 5.84. The zero-order chi connectivity index (χ0) is 13.2. The number of hydrogen-bond acceptors (Lipinski definition) is 1. The molecule has 0 atom stereocenters. The Morgan fingerprint density at radius 2 is 1.56 bits per heavy atom. The van der Waals surface area contributed by atoms with E-state index in [4.69, 9.17) is 0 Å². The molecule has 0 N–H and O–H groups in total. The van der Waals surface area contributed by atoms with Crippen LogP contribution in [0.15, 0.2) is 0 Å². The molecule has 3 heteroatoms. The smallest absolute Gasteiger partial charge is 0.229 e.